The van der Waals surface area contributed by atoms with Crippen LogP contribution in [0.2, 0.25) is 0 Å². The van der Waals surface area contributed by atoms with Crippen molar-refractivity contribution in [2.45, 2.75) is 51.6 Å². The molecular formula is C15H26N2O3. The van der Waals surface area contributed by atoms with E-state index < -0.39 is 5.54 Å². The van der Waals surface area contributed by atoms with Gasteiger partial charge in [0.1, 0.15) is 11.6 Å². The minimum Gasteiger partial charge on any atom is -0.385 e. The molecule has 0 aromatic carbocycles. The van der Waals surface area contributed by atoms with Crippen LogP contribution in [0.15, 0.2) is 0 Å². The average Bonchev–Trinajstić information content (AvgIpc) is 3.19. The van der Waals surface area contributed by atoms with Gasteiger partial charge in [-0.2, -0.15) is 0 Å². The average molecular weight is 282 g/mol. The molecule has 1 saturated heterocycles. The lowest BCUT2D eigenvalue weighted by atomic mass is 9.86. The van der Waals surface area contributed by atoms with Gasteiger partial charge in [-0.15, -0.1) is 0 Å². The lowest BCUT2D eigenvalue weighted by Crippen LogP contribution is -2.71. The molecule has 0 bridgehead atoms. The Kier molecular flexibility index (Phi) is 4.37. The summed E-state index contributed by atoms with van der Waals surface area (Å²) in [6.07, 6.45) is 2.82. The van der Waals surface area contributed by atoms with Gasteiger partial charge >= 0.3 is 0 Å². The molecule has 1 aliphatic heterocycles. The van der Waals surface area contributed by atoms with Crippen molar-refractivity contribution in [3.63, 3.8) is 0 Å². The Morgan fingerprint density at radius 2 is 2.05 bits per heavy atom. The predicted molar refractivity (Wildman–Crippen MR) is 76.1 cm³/mol. The smallest absolute Gasteiger partial charge is 0.249 e. The van der Waals surface area contributed by atoms with E-state index in [-0.39, 0.29) is 23.8 Å². The highest BCUT2D eigenvalue weighted by Gasteiger charge is 2.55. The molecule has 2 amide bonds. The van der Waals surface area contributed by atoms with Crippen LogP contribution in [0.4, 0.5) is 0 Å². The van der Waals surface area contributed by atoms with Crippen molar-refractivity contribution in [2.24, 2.45) is 11.8 Å². The summed E-state index contributed by atoms with van der Waals surface area (Å²) in [5.41, 5.74) is -0.699. The zero-order chi connectivity index (χ0) is 14.9. The maximum Gasteiger partial charge on any atom is 0.249 e. The van der Waals surface area contributed by atoms with Crippen molar-refractivity contribution < 1.29 is 14.3 Å². The zero-order valence-corrected chi connectivity index (χ0v) is 12.9. The number of ether oxygens (including phenoxy) is 1. The first-order valence-electron chi connectivity index (χ1n) is 7.54. The molecule has 2 fully saturated rings. The molecule has 0 aromatic rings. The minimum absolute atomic E-state index is 0.00795. The molecule has 5 nitrogen and oxygen atoms in total. The van der Waals surface area contributed by atoms with E-state index in [0.717, 1.165) is 19.3 Å². The Hall–Kier alpha value is -1.10. The first kappa shape index (κ1) is 15.3. The van der Waals surface area contributed by atoms with E-state index in [1.165, 1.54) is 0 Å². The number of methoxy groups -OCH3 is 1. The second-order valence-corrected chi connectivity index (χ2v) is 6.50. The van der Waals surface area contributed by atoms with Gasteiger partial charge in [-0.25, -0.2) is 0 Å². The number of rotatable bonds is 6. The normalized spacial score (nSPS) is 30.9. The van der Waals surface area contributed by atoms with Crippen molar-refractivity contribution >= 4 is 11.8 Å². The van der Waals surface area contributed by atoms with Gasteiger partial charge in [-0.1, -0.05) is 13.8 Å². The standard InChI is InChI=1S/C15H26N2O3/c1-10(2)12-13(18)16-15(3,11-6-7-11)14(19)17(12)8-5-9-20-4/h10-12H,5-9H2,1-4H3,(H,16,18). The number of carbonyl (C=O) groups excluding carboxylic acids is 2. The molecule has 114 valence electrons. The summed E-state index contributed by atoms with van der Waals surface area (Å²) < 4.78 is 5.06. The van der Waals surface area contributed by atoms with Crippen LogP contribution in [0.3, 0.4) is 0 Å². The molecule has 2 atom stereocenters. The third-order valence-electron chi connectivity index (χ3n) is 4.47. The van der Waals surface area contributed by atoms with E-state index in [1.54, 1.807) is 12.0 Å². The Labute approximate surface area is 121 Å². The van der Waals surface area contributed by atoms with Gasteiger partial charge < -0.3 is 15.0 Å². The molecule has 5 heteroatoms. The highest BCUT2D eigenvalue weighted by molar-refractivity contribution is 6.00. The first-order valence-corrected chi connectivity index (χ1v) is 7.54. The SMILES string of the molecule is COCCCN1C(=O)C(C)(C2CC2)NC(=O)C1C(C)C. The molecule has 1 heterocycles. The number of carbonyl (C=O) groups is 2. The lowest BCUT2D eigenvalue weighted by Gasteiger charge is -2.46. The van der Waals surface area contributed by atoms with E-state index in [0.29, 0.717) is 19.1 Å². The van der Waals surface area contributed by atoms with Crippen molar-refractivity contribution in [3.05, 3.63) is 0 Å². The maximum absolute atomic E-state index is 12.9. The Morgan fingerprint density at radius 1 is 1.40 bits per heavy atom. The largest absolute Gasteiger partial charge is 0.385 e. The number of piperazine rings is 1. The Morgan fingerprint density at radius 3 is 2.55 bits per heavy atom. The fraction of sp³-hybridized carbons (Fsp3) is 0.867. The van der Waals surface area contributed by atoms with Crippen LogP contribution in [-0.2, 0) is 14.3 Å². The van der Waals surface area contributed by atoms with Gasteiger partial charge in [-0.3, -0.25) is 9.59 Å². The molecule has 0 spiro atoms. The van der Waals surface area contributed by atoms with Crippen LogP contribution >= 0.6 is 0 Å². The van der Waals surface area contributed by atoms with Gasteiger partial charge in [0.05, 0.1) is 0 Å². The number of nitrogens with one attached hydrogen (secondary N) is 1. The number of nitrogens with zero attached hydrogens (tertiary/aromatic N) is 1. The van der Waals surface area contributed by atoms with E-state index in [2.05, 4.69) is 5.32 Å². The monoisotopic (exact) mass is 282 g/mol. The molecule has 2 rings (SSSR count). The molecule has 2 aliphatic rings. The number of hydrogen-bond acceptors (Lipinski definition) is 3. The third-order valence-corrected chi connectivity index (χ3v) is 4.47. The van der Waals surface area contributed by atoms with Crippen LogP contribution in [0.5, 0.6) is 0 Å². The lowest BCUT2D eigenvalue weighted by molar-refractivity contribution is -0.157. The Balaban J connectivity index is 2.19. The second-order valence-electron chi connectivity index (χ2n) is 6.50. The highest BCUT2D eigenvalue weighted by atomic mass is 16.5. The fourth-order valence-corrected chi connectivity index (χ4v) is 3.17. The molecule has 2 unspecified atom stereocenters. The van der Waals surface area contributed by atoms with E-state index in [1.807, 2.05) is 20.8 Å². The summed E-state index contributed by atoms with van der Waals surface area (Å²) >= 11 is 0. The van der Waals surface area contributed by atoms with Crippen LogP contribution in [0.1, 0.15) is 40.0 Å². The summed E-state index contributed by atoms with van der Waals surface area (Å²) in [6.45, 7) is 7.05. The molecule has 1 saturated carbocycles. The van der Waals surface area contributed by atoms with Gasteiger partial charge in [-0.05, 0) is 38.0 Å². The van der Waals surface area contributed by atoms with Crippen LogP contribution in [-0.4, -0.2) is 48.6 Å². The summed E-state index contributed by atoms with van der Waals surface area (Å²) in [7, 11) is 1.65. The van der Waals surface area contributed by atoms with E-state index in [4.69, 9.17) is 4.74 Å². The van der Waals surface area contributed by atoms with Gasteiger partial charge in [0.2, 0.25) is 11.8 Å². The van der Waals surface area contributed by atoms with E-state index >= 15 is 0 Å². The van der Waals surface area contributed by atoms with Gasteiger partial charge in [0.25, 0.3) is 0 Å². The first-order chi connectivity index (χ1) is 9.41. The number of amides is 2. The van der Waals surface area contributed by atoms with Gasteiger partial charge in [0.15, 0.2) is 0 Å². The molecule has 0 aromatic heterocycles. The van der Waals surface area contributed by atoms with Gasteiger partial charge in [0, 0.05) is 20.3 Å². The molecule has 0 radical (unpaired) electrons. The predicted octanol–water partition coefficient (Wildman–Crippen LogP) is 1.17. The number of hydrogen-bond donors (Lipinski definition) is 1. The topological polar surface area (TPSA) is 58.6 Å². The summed E-state index contributed by atoms with van der Waals surface area (Å²) in [5.74, 6) is 0.489. The summed E-state index contributed by atoms with van der Waals surface area (Å²) in [6, 6.07) is -0.355. The van der Waals surface area contributed by atoms with Crippen molar-refractivity contribution in [2.75, 3.05) is 20.3 Å². The van der Waals surface area contributed by atoms with E-state index in [9.17, 15) is 9.59 Å². The quantitative estimate of drug-likeness (QED) is 0.744. The molecule has 20 heavy (non-hydrogen) atoms. The maximum atomic E-state index is 12.9. The highest BCUT2D eigenvalue weighted by Crippen LogP contribution is 2.42. The minimum atomic E-state index is -0.699. The summed E-state index contributed by atoms with van der Waals surface area (Å²) in [4.78, 5) is 27.1. The molecule has 1 N–H and O–H groups in total. The third kappa shape index (κ3) is 2.68. The fourth-order valence-electron chi connectivity index (χ4n) is 3.17. The van der Waals surface area contributed by atoms with Crippen molar-refractivity contribution in [3.8, 4) is 0 Å². The van der Waals surface area contributed by atoms with Crippen LogP contribution < -0.4 is 5.32 Å². The van der Waals surface area contributed by atoms with Crippen molar-refractivity contribution in [1.29, 1.82) is 0 Å². The van der Waals surface area contributed by atoms with Crippen LogP contribution in [0, 0.1) is 11.8 Å². The summed E-state index contributed by atoms with van der Waals surface area (Å²) in [5, 5.41) is 2.99. The second kappa shape index (κ2) is 5.72. The molecule has 1 aliphatic carbocycles. The Bertz CT molecular complexity index is 393. The van der Waals surface area contributed by atoms with Crippen molar-refractivity contribution in [1.82, 2.24) is 10.2 Å². The van der Waals surface area contributed by atoms with Crippen LogP contribution in [0.25, 0.3) is 0 Å². The molecular weight excluding hydrogens is 256 g/mol. The zero-order valence-electron chi connectivity index (χ0n) is 12.9.